The van der Waals surface area contributed by atoms with Gasteiger partial charge in [-0.3, -0.25) is 4.79 Å². The van der Waals surface area contributed by atoms with Crippen LogP contribution in [0.25, 0.3) is 11.1 Å². The van der Waals surface area contributed by atoms with Gasteiger partial charge in [-0.15, -0.1) is 11.3 Å². The van der Waals surface area contributed by atoms with Gasteiger partial charge in [0.2, 0.25) is 0 Å². The standard InChI is InChI=1S/C25H25N3O5S2/c1-34-11-10-20(24(30)31)28-23(29)21-14-35-22(27-21)12-26-25(32)33-13-19-17-8-4-2-6-15(17)16-7-3-5-9-18(16)19/h2-9,14,19-20H,10-13H2,1H3,(H,26,32)(H,28,29)(H,30,31). The van der Waals surface area contributed by atoms with Gasteiger partial charge in [0, 0.05) is 11.3 Å². The summed E-state index contributed by atoms with van der Waals surface area (Å²) in [6.07, 6.45) is 1.62. The highest BCUT2D eigenvalue weighted by Gasteiger charge is 2.29. The molecule has 1 aliphatic rings. The smallest absolute Gasteiger partial charge is 0.407 e. The van der Waals surface area contributed by atoms with Crippen LogP contribution in [0.4, 0.5) is 4.79 Å². The van der Waals surface area contributed by atoms with Gasteiger partial charge >= 0.3 is 12.1 Å². The summed E-state index contributed by atoms with van der Waals surface area (Å²) in [7, 11) is 0. The number of aliphatic carboxylic acids is 1. The molecule has 1 aliphatic carbocycles. The van der Waals surface area contributed by atoms with E-state index in [0.717, 1.165) is 22.3 Å². The summed E-state index contributed by atoms with van der Waals surface area (Å²) >= 11 is 2.71. The average molecular weight is 512 g/mol. The molecule has 2 aromatic carbocycles. The van der Waals surface area contributed by atoms with Crippen molar-refractivity contribution >= 4 is 41.1 Å². The summed E-state index contributed by atoms with van der Waals surface area (Å²) in [6, 6.07) is 15.3. The molecule has 1 atom stereocenters. The Hall–Kier alpha value is -3.37. The minimum Gasteiger partial charge on any atom is -0.480 e. The number of carbonyl (C=O) groups is 3. The zero-order chi connectivity index (χ0) is 24.8. The Labute approximate surface area is 211 Å². The van der Waals surface area contributed by atoms with Crippen molar-refractivity contribution in [2.24, 2.45) is 0 Å². The molecule has 1 aromatic heterocycles. The quantitative estimate of drug-likeness (QED) is 0.375. The van der Waals surface area contributed by atoms with E-state index >= 15 is 0 Å². The number of alkyl carbamates (subject to hydrolysis) is 1. The summed E-state index contributed by atoms with van der Waals surface area (Å²) in [5.41, 5.74) is 4.70. The number of hydrogen-bond donors (Lipinski definition) is 3. The fraction of sp³-hybridized carbons (Fsp3) is 0.280. The van der Waals surface area contributed by atoms with Crippen LogP contribution in [0.3, 0.4) is 0 Å². The van der Waals surface area contributed by atoms with Gasteiger partial charge in [-0.1, -0.05) is 48.5 Å². The number of thioether (sulfide) groups is 1. The zero-order valence-corrected chi connectivity index (χ0v) is 20.7. The first kappa shape index (κ1) is 24.7. The van der Waals surface area contributed by atoms with Gasteiger partial charge in [0.15, 0.2) is 0 Å². The fourth-order valence-electron chi connectivity index (χ4n) is 4.02. The molecule has 3 aromatic rings. The maximum absolute atomic E-state index is 12.4. The Morgan fingerprint density at radius 3 is 2.40 bits per heavy atom. The summed E-state index contributed by atoms with van der Waals surface area (Å²) in [5.74, 6) is -1.05. The number of aromatic nitrogens is 1. The van der Waals surface area contributed by atoms with Crippen molar-refractivity contribution in [3.8, 4) is 11.1 Å². The van der Waals surface area contributed by atoms with Crippen LogP contribution >= 0.6 is 23.1 Å². The van der Waals surface area contributed by atoms with E-state index in [2.05, 4.69) is 39.9 Å². The molecule has 8 nitrogen and oxygen atoms in total. The number of hydrogen-bond acceptors (Lipinski definition) is 7. The summed E-state index contributed by atoms with van der Waals surface area (Å²) in [6.45, 7) is 0.307. The number of benzene rings is 2. The van der Waals surface area contributed by atoms with Crippen LogP contribution in [0.15, 0.2) is 53.9 Å². The number of amides is 2. The Balaban J connectivity index is 1.29. The third-order valence-electron chi connectivity index (χ3n) is 5.73. The van der Waals surface area contributed by atoms with E-state index in [9.17, 15) is 19.5 Å². The predicted octanol–water partition coefficient (Wildman–Crippen LogP) is 4.12. The van der Waals surface area contributed by atoms with Gasteiger partial charge < -0.3 is 20.5 Å². The van der Waals surface area contributed by atoms with Crippen LogP contribution in [0.2, 0.25) is 0 Å². The van der Waals surface area contributed by atoms with E-state index < -0.39 is 24.0 Å². The number of nitrogens with zero attached hydrogens (tertiary/aromatic N) is 1. The molecule has 1 unspecified atom stereocenters. The molecule has 10 heteroatoms. The minimum absolute atomic E-state index is 0.0309. The Bertz CT molecular complexity index is 1180. The predicted molar refractivity (Wildman–Crippen MR) is 136 cm³/mol. The fourth-order valence-corrected chi connectivity index (χ4v) is 5.20. The molecule has 0 saturated carbocycles. The van der Waals surface area contributed by atoms with Crippen molar-refractivity contribution in [3.63, 3.8) is 0 Å². The molecule has 1 heterocycles. The van der Waals surface area contributed by atoms with Crippen molar-refractivity contribution < 1.29 is 24.2 Å². The lowest BCUT2D eigenvalue weighted by Gasteiger charge is -2.14. The van der Waals surface area contributed by atoms with Gasteiger partial charge in [-0.2, -0.15) is 11.8 Å². The molecule has 2 amide bonds. The van der Waals surface area contributed by atoms with Gasteiger partial charge in [0.05, 0.1) is 6.54 Å². The molecule has 3 N–H and O–H groups in total. The molecular weight excluding hydrogens is 486 g/mol. The number of carboxylic acids is 1. The first-order chi connectivity index (χ1) is 17.0. The first-order valence-electron chi connectivity index (χ1n) is 11.0. The lowest BCUT2D eigenvalue weighted by molar-refractivity contribution is -0.139. The highest BCUT2D eigenvalue weighted by atomic mass is 32.2. The molecule has 0 fully saturated rings. The molecule has 4 rings (SSSR count). The molecule has 35 heavy (non-hydrogen) atoms. The number of carbonyl (C=O) groups excluding carboxylic acids is 2. The third kappa shape index (κ3) is 5.83. The molecule has 0 saturated heterocycles. The topological polar surface area (TPSA) is 118 Å². The number of thiazole rings is 1. The van der Waals surface area contributed by atoms with Gasteiger partial charge in [0.25, 0.3) is 5.91 Å². The second-order valence-corrected chi connectivity index (χ2v) is 9.88. The van der Waals surface area contributed by atoms with Crippen molar-refractivity contribution in [2.75, 3.05) is 18.6 Å². The average Bonchev–Trinajstić information content (AvgIpc) is 3.47. The van der Waals surface area contributed by atoms with Crippen LogP contribution in [0, 0.1) is 0 Å². The maximum atomic E-state index is 12.4. The van der Waals surface area contributed by atoms with Crippen LogP contribution in [0.1, 0.15) is 39.0 Å². The second kappa shape index (κ2) is 11.4. The van der Waals surface area contributed by atoms with Crippen molar-refractivity contribution in [1.82, 2.24) is 15.6 Å². The number of rotatable bonds is 10. The molecule has 0 aliphatic heterocycles. The van der Waals surface area contributed by atoms with Crippen LogP contribution in [-0.4, -0.2) is 52.7 Å². The van der Waals surface area contributed by atoms with Gasteiger partial charge in [-0.05, 0) is 40.7 Å². The number of ether oxygens (including phenoxy) is 1. The first-order valence-corrected chi connectivity index (χ1v) is 13.3. The second-order valence-electron chi connectivity index (χ2n) is 7.95. The highest BCUT2D eigenvalue weighted by molar-refractivity contribution is 7.98. The summed E-state index contributed by atoms with van der Waals surface area (Å²) in [4.78, 5) is 40.3. The lowest BCUT2D eigenvalue weighted by atomic mass is 9.98. The summed E-state index contributed by atoms with van der Waals surface area (Å²) < 4.78 is 5.51. The summed E-state index contributed by atoms with van der Waals surface area (Å²) in [5, 5.41) is 16.5. The molecule has 0 spiro atoms. The van der Waals surface area contributed by atoms with Crippen molar-refractivity contribution in [1.29, 1.82) is 0 Å². The Morgan fingerprint density at radius 1 is 1.11 bits per heavy atom. The molecular formula is C25H25N3O5S2. The third-order valence-corrected chi connectivity index (χ3v) is 7.22. The van der Waals surface area contributed by atoms with Crippen molar-refractivity contribution in [3.05, 3.63) is 75.7 Å². The lowest BCUT2D eigenvalue weighted by Crippen LogP contribution is -2.41. The molecule has 0 radical (unpaired) electrons. The van der Waals surface area contributed by atoms with E-state index in [-0.39, 0.29) is 24.8 Å². The van der Waals surface area contributed by atoms with E-state index in [4.69, 9.17) is 4.74 Å². The largest absolute Gasteiger partial charge is 0.480 e. The van der Waals surface area contributed by atoms with E-state index in [1.807, 2.05) is 30.5 Å². The highest BCUT2D eigenvalue weighted by Crippen LogP contribution is 2.44. The molecule has 0 bridgehead atoms. The monoisotopic (exact) mass is 511 g/mol. The number of nitrogens with one attached hydrogen (secondary N) is 2. The van der Waals surface area contributed by atoms with Gasteiger partial charge in [-0.25, -0.2) is 14.6 Å². The van der Waals surface area contributed by atoms with Gasteiger partial charge in [0.1, 0.15) is 23.4 Å². The van der Waals surface area contributed by atoms with Crippen molar-refractivity contribution in [2.45, 2.75) is 24.9 Å². The Morgan fingerprint density at radius 2 is 1.77 bits per heavy atom. The normalized spacial score (nSPS) is 12.9. The van der Waals surface area contributed by atoms with Crippen LogP contribution in [-0.2, 0) is 16.1 Å². The zero-order valence-electron chi connectivity index (χ0n) is 19.0. The van der Waals surface area contributed by atoms with E-state index in [1.54, 1.807) is 0 Å². The number of carboxylic acid groups (broad SMARTS) is 1. The minimum atomic E-state index is -1.08. The van der Waals surface area contributed by atoms with Crippen LogP contribution < -0.4 is 10.6 Å². The van der Waals surface area contributed by atoms with E-state index in [1.165, 1.54) is 28.5 Å². The number of fused-ring (bicyclic) bond motifs is 3. The van der Waals surface area contributed by atoms with E-state index in [0.29, 0.717) is 17.2 Å². The van der Waals surface area contributed by atoms with Crippen LogP contribution in [0.5, 0.6) is 0 Å². The maximum Gasteiger partial charge on any atom is 0.407 e. The SMILES string of the molecule is CSCCC(NC(=O)c1csc(CNC(=O)OCC2c3ccccc3-c3ccccc32)n1)C(=O)O. The molecule has 182 valence electrons. The Kier molecular flexibility index (Phi) is 8.04.